The summed E-state index contributed by atoms with van der Waals surface area (Å²) in [5.41, 5.74) is 1.01. The molecule has 18 heavy (non-hydrogen) atoms. The average molecular weight is 251 g/mol. The molecule has 102 valence electrons. The first kappa shape index (κ1) is 14.9. The Labute approximate surface area is 110 Å². The van der Waals surface area contributed by atoms with Crippen LogP contribution in [-0.4, -0.2) is 42.7 Å². The molecule has 0 radical (unpaired) electrons. The van der Waals surface area contributed by atoms with E-state index in [1.54, 1.807) is 7.11 Å². The number of pyridine rings is 1. The molecule has 1 atom stereocenters. The van der Waals surface area contributed by atoms with Crippen LogP contribution in [0.3, 0.4) is 0 Å². The Bertz CT molecular complexity index is 340. The Kier molecular flexibility index (Phi) is 6.68. The predicted molar refractivity (Wildman–Crippen MR) is 74.9 cm³/mol. The maximum atomic E-state index is 5.11. The lowest BCUT2D eigenvalue weighted by Crippen LogP contribution is -2.38. The van der Waals surface area contributed by atoms with Gasteiger partial charge in [0.25, 0.3) is 0 Å². The second kappa shape index (κ2) is 8.06. The van der Waals surface area contributed by atoms with Gasteiger partial charge >= 0.3 is 0 Å². The molecule has 0 amide bonds. The van der Waals surface area contributed by atoms with Crippen LogP contribution < -0.4 is 10.1 Å². The Balaban J connectivity index is 2.39. The summed E-state index contributed by atoms with van der Waals surface area (Å²) in [5, 5.41) is 3.49. The van der Waals surface area contributed by atoms with Crippen molar-refractivity contribution in [3.63, 3.8) is 0 Å². The van der Waals surface area contributed by atoms with E-state index in [4.69, 9.17) is 4.74 Å². The molecular formula is C14H25N3O. The quantitative estimate of drug-likeness (QED) is 0.766. The zero-order valence-electron chi connectivity index (χ0n) is 11.9. The zero-order valence-corrected chi connectivity index (χ0v) is 11.9. The Morgan fingerprint density at radius 3 is 2.67 bits per heavy atom. The van der Waals surface area contributed by atoms with Crippen LogP contribution in [0.5, 0.6) is 5.88 Å². The summed E-state index contributed by atoms with van der Waals surface area (Å²) >= 11 is 0. The lowest BCUT2D eigenvalue weighted by atomic mass is 10.2. The van der Waals surface area contributed by atoms with Crippen LogP contribution >= 0.6 is 0 Å². The van der Waals surface area contributed by atoms with Crippen molar-refractivity contribution in [3.8, 4) is 5.88 Å². The first-order valence-electron chi connectivity index (χ1n) is 6.65. The topological polar surface area (TPSA) is 37.4 Å². The van der Waals surface area contributed by atoms with Crippen molar-refractivity contribution in [1.29, 1.82) is 0 Å². The number of nitrogens with one attached hydrogen (secondary N) is 1. The largest absolute Gasteiger partial charge is 0.481 e. The summed E-state index contributed by atoms with van der Waals surface area (Å²) in [6.07, 6.45) is 0. The van der Waals surface area contributed by atoms with Crippen LogP contribution in [0.2, 0.25) is 0 Å². The molecule has 0 aliphatic rings. The minimum Gasteiger partial charge on any atom is -0.481 e. The Hall–Kier alpha value is -1.13. The van der Waals surface area contributed by atoms with Gasteiger partial charge in [-0.25, -0.2) is 4.98 Å². The van der Waals surface area contributed by atoms with Crippen molar-refractivity contribution in [3.05, 3.63) is 23.9 Å². The molecule has 1 aromatic rings. The summed E-state index contributed by atoms with van der Waals surface area (Å²) in [6, 6.07) is 6.30. The maximum Gasteiger partial charge on any atom is 0.213 e. The van der Waals surface area contributed by atoms with Gasteiger partial charge < -0.3 is 15.0 Å². The summed E-state index contributed by atoms with van der Waals surface area (Å²) in [4.78, 5) is 6.80. The molecule has 1 unspecified atom stereocenters. The normalized spacial score (nSPS) is 12.7. The highest BCUT2D eigenvalue weighted by Gasteiger charge is 2.07. The first-order chi connectivity index (χ1) is 8.69. The van der Waals surface area contributed by atoms with Gasteiger partial charge in [0.05, 0.1) is 12.8 Å². The van der Waals surface area contributed by atoms with Gasteiger partial charge in [0.1, 0.15) is 0 Å². The van der Waals surface area contributed by atoms with E-state index in [1.165, 1.54) is 0 Å². The van der Waals surface area contributed by atoms with Crippen molar-refractivity contribution < 1.29 is 4.74 Å². The van der Waals surface area contributed by atoms with E-state index in [1.807, 2.05) is 18.2 Å². The number of rotatable bonds is 8. The van der Waals surface area contributed by atoms with Gasteiger partial charge in [0.15, 0.2) is 0 Å². The fourth-order valence-electron chi connectivity index (χ4n) is 1.88. The Morgan fingerprint density at radius 2 is 2.06 bits per heavy atom. The van der Waals surface area contributed by atoms with Crippen molar-refractivity contribution >= 4 is 0 Å². The van der Waals surface area contributed by atoms with Crippen LogP contribution in [0.25, 0.3) is 0 Å². The van der Waals surface area contributed by atoms with Crippen LogP contribution in [0.4, 0.5) is 0 Å². The summed E-state index contributed by atoms with van der Waals surface area (Å²) in [7, 11) is 1.64. The minimum atomic E-state index is 0.456. The Morgan fingerprint density at radius 1 is 1.33 bits per heavy atom. The number of likely N-dealkylation sites (N-methyl/N-ethyl adjacent to an activating group) is 1. The molecule has 1 heterocycles. The van der Waals surface area contributed by atoms with E-state index in [0.29, 0.717) is 11.9 Å². The molecule has 0 aliphatic carbocycles. The second-order valence-corrected chi connectivity index (χ2v) is 4.44. The van der Waals surface area contributed by atoms with E-state index < -0.39 is 0 Å². The number of hydrogen-bond donors (Lipinski definition) is 1. The SMILES string of the molecule is CCN(CC)CC(C)NCc1cccc(OC)n1. The fraction of sp³-hybridized carbons (Fsp3) is 0.643. The highest BCUT2D eigenvalue weighted by Crippen LogP contribution is 2.06. The highest BCUT2D eigenvalue weighted by molar-refractivity contribution is 5.15. The van der Waals surface area contributed by atoms with E-state index in [2.05, 4.69) is 36.0 Å². The number of ether oxygens (including phenoxy) is 1. The summed E-state index contributed by atoms with van der Waals surface area (Å²) in [6.45, 7) is 10.6. The lowest BCUT2D eigenvalue weighted by Gasteiger charge is -2.23. The third kappa shape index (κ3) is 5.02. The molecule has 0 spiro atoms. The second-order valence-electron chi connectivity index (χ2n) is 4.44. The molecule has 1 N–H and O–H groups in total. The third-order valence-corrected chi connectivity index (χ3v) is 3.05. The molecule has 0 fully saturated rings. The molecule has 1 rings (SSSR count). The molecule has 4 nitrogen and oxygen atoms in total. The summed E-state index contributed by atoms with van der Waals surface area (Å²) < 4.78 is 5.11. The molecule has 1 aromatic heterocycles. The summed E-state index contributed by atoms with van der Waals surface area (Å²) in [5.74, 6) is 0.672. The molecule has 0 aromatic carbocycles. The van der Waals surface area contributed by atoms with Gasteiger partial charge in [-0.2, -0.15) is 0 Å². The maximum absolute atomic E-state index is 5.11. The minimum absolute atomic E-state index is 0.456. The van der Waals surface area contributed by atoms with Crippen molar-refractivity contribution in [2.75, 3.05) is 26.7 Å². The molecule has 0 saturated carbocycles. The zero-order chi connectivity index (χ0) is 13.4. The molecule has 0 saturated heterocycles. The van der Waals surface area contributed by atoms with Crippen LogP contribution in [0, 0.1) is 0 Å². The van der Waals surface area contributed by atoms with Gasteiger partial charge in [0, 0.05) is 25.2 Å². The van der Waals surface area contributed by atoms with Gasteiger partial charge in [-0.1, -0.05) is 19.9 Å². The van der Waals surface area contributed by atoms with Crippen LogP contribution in [0.15, 0.2) is 18.2 Å². The highest BCUT2D eigenvalue weighted by atomic mass is 16.5. The van der Waals surface area contributed by atoms with Gasteiger partial charge in [-0.05, 0) is 26.1 Å². The van der Waals surface area contributed by atoms with Crippen molar-refractivity contribution in [2.45, 2.75) is 33.4 Å². The molecule has 0 aliphatic heterocycles. The van der Waals surface area contributed by atoms with Crippen LogP contribution in [0.1, 0.15) is 26.5 Å². The smallest absolute Gasteiger partial charge is 0.213 e. The molecular weight excluding hydrogens is 226 g/mol. The number of nitrogens with zero attached hydrogens (tertiary/aromatic N) is 2. The van der Waals surface area contributed by atoms with Gasteiger partial charge in [-0.15, -0.1) is 0 Å². The monoisotopic (exact) mass is 251 g/mol. The van der Waals surface area contributed by atoms with E-state index in [-0.39, 0.29) is 0 Å². The predicted octanol–water partition coefficient (Wildman–Crippen LogP) is 1.91. The van der Waals surface area contributed by atoms with E-state index in [9.17, 15) is 0 Å². The average Bonchev–Trinajstić information content (AvgIpc) is 2.42. The van der Waals surface area contributed by atoms with E-state index >= 15 is 0 Å². The fourth-order valence-corrected chi connectivity index (χ4v) is 1.88. The number of aromatic nitrogens is 1. The first-order valence-corrected chi connectivity index (χ1v) is 6.65. The standard InChI is InChI=1S/C14H25N3O/c1-5-17(6-2)11-12(3)15-10-13-8-7-9-14(16-13)18-4/h7-9,12,15H,5-6,10-11H2,1-4H3. The number of hydrogen-bond acceptors (Lipinski definition) is 4. The van der Waals surface area contributed by atoms with Crippen molar-refractivity contribution in [2.24, 2.45) is 0 Å². The number of methoxy groups -OCH3 is 1. The van der Waals surface area contributed by atoms with Gasteiger partial charge in [-0.3, -0.25) is 0 Å². The molecule has 0 bridgehead atoms. The van der Waals surface area contributed by atoms with Crippen LogP contribution in [-0.2, 0) is 6.54 Å². The third-order valence-electron chi connectivity index (χ3n) is 3.05. The van der Waals surface area contributed by atoms with Gasteiger partial charge in [0.2, 0.25) is 5.88 Å². The lowest BCUT2D eigenvalue weighted by molar-refractivity contribution is 0.270. The molecule has 4 heteroatoms. The van der Waals surface area contributed by atoms with Crippen molar-refractivity contribution in [1.82, 2.24) is 15.2 Å². The van der Waals surface area contributed by atoms with E-state index in [0.717, 1.165) is 31.9 Å².